The van der Waals surface area contributed by atoms with E-state index in [-0.39, 0.29) is 11.5 Å². The van der Waals surface area contributed by atoms with Crippen molar-refractivity contribution >= 4 is 17.3 Å². The van der Waals surface area contributed by atoms with Crippen LogP contribution in [-0.4, -0.2) is 31.4 Å². The van der Waals surface area contributed by atoms with Gasteiger partial charge in [-0.1, -0.05) is 6.92 Å². The number of aromatic amines is 1. The van der Waals surface area contributed by atoms with Crippen molar-refractivity contribution in [2.45, 2.75) is 26.2 Å². The summed E-state index contributed by atoms with van der Waals surface area (Å²) in [5, 5.41) is 33.9. The fourth-order valence-corrected chi connectivity index (χ4v) is 2.37. The van der Waals surface area contributed by atoms with Crippen LogP contribution in [0.3, 0.4) is 0 Å². The Balaban J connectivity index is 2.01. The molecule has 2 rings (SSSR count). The van der Waals surface area contributed by atoms with Crippen molar-refractivity contribution in [3.63, 3.8) is 0 Å². The minimum Gasteiger partial charge on any atom is -0.381 e. The number of H-pyrrole nitrogens is 1. The molecule has 4 N–H and O–H groups in total. The predicted octanol–water partition coefficient (Wildman–Crippen LogP) is 1.11. The smallest absolute Gasteiger partial charge is 0.333 e. The van der Waals surface area contributed by atoms with Crippen LogP contribution in [0.2, 0.25) is 0 Å². The number of hydrogen-bond acceptors (Lipinski definition) is 7. The zero-order valence-corrected chi connectivity index (χ0v) is 13.0. The van der Waals surface area contributed by atoms with Crippen molar-refractivity contribution in [2.24, 2.45) is 7.05 Å². The molecule has 0 spiro atoms. The highest BCUT2D eigenvalue weighted by molar-refractivity contribution is 5.59. The summed E-state index contributed by atoms with van der Waals surface area (Å²) in [5.41, 5.74) is 7.05. The first-order valence-electron chi connectivity index (χ1n) is 7.16. The third-order valence-corrected chi connectivity index (χ3v) is 3.49. The molecule has 0 aromatic carbocycles. The van der Waals surface area contributed by atoms with Crippen LogP contribution in [0.5, 0.6) is 0 Å². The fraction of sp³-hybridized carbons (Fsp3) is 0.462. The van der Waals surface area contributed by atoms with Gasteiger partial charge in [0.15, 0.2) is 5.82 Å². The van der Waals surface area contributed by atoms with Crippen LogP contribution in [0.25, 0.3) is 0 Å². The Morgan fingerprint density at radius 3 is 2.91 bits per heavy atom. The largest absolute Gasteiger partial charge is 0.381 e. The summed E-state index contributed by atoms with van der Waals surface area (Å²) in [5.74, 6) is 0.571. The molecule has 0 aliphatic heterocycles. The predicted molar refractivity (Wildman–Crippen MR) is 83.8 cm³/mol. The van der Waals surface area contributed by atoms with Crippen LogP contribution < -0.4 is 11.1 Å². The minimum absolute atomic E-state index is 0.0125. The topological polar surface area (TPSA) is 151 Å². The lowest BCUT2D eigenvalue weighted by atomic mass is 10.1. The summed E-state index contributed by atoms with van der Waals surface area (Å²) in [4.78, 5) is 10.8. The van der Waals surface area contributed by atoms with E-state index in [0.29, 0.717) is 48.6 Å². The van der Waals surface area contributed by atoms with Crippen LogP contribution in [0, 0.1) is 21.4 Å². The van der Waals surface area contributed by atoms with Crippen molar-refractivity contribution in [1.29, 1.82) is 5.26 Å². The van der Waals surface area contributed by atoms with Crippen molar-refractivity contribution in [3.8, 4) is 6.07 Å². The average molecular weight is 318 g/mol. The van der Waals surface area contributed by atoms with Gasteiger partial charge in [-0.2, -0.15) is 15.5 Å². The van der Waals surface area contributed by atoms with Crippen molar-refractivity contribution in [2.75, 3.05) is 17.6 Å². The van der Waals surface area contributed by atoms with Gasteiger partial charge in [-0.05, 0) is 19.3 Å². The van der Waals surface area contributed by atoms with Gasteiger partial charge in [0, 0.05) is 13.6 Å². The van der Waals surface area contributed by atoms with Crippen LogP contribution in [0.1, 0.15) is 30.3 Å². The maximum Gasteiger partial charge on any atom is 0.333 e. The molecule has 0 amide bonds. The number of nitriles is 1. The molecule has 0 unspecified atom stereocenters. The van der Waals surface area contributed by atoms with Gasteiger partial charge in [-0.15, -0.1) is 0 Å². The number of rotatable bonds is 7. The molecule has 2 aromatic rings. The molecule has 0 fully saturated rings. The first-order chi connectivity index (χ1) is 11.0. The van der Waals surface area contributed by atoms with Crippen molar-refractivity contribution in [3.05, 3.63) is 27.1 Å². The van der Waals surface area contributed by atoms with Crippen LogP contribution in [0.15, 0.2) is 0 Å². The average Bonchev–Trinajstić information content (AvgIpc) is 3.03. The molecule has 10 nitrogen and oxygen atoms in total. The van der Waals surface area contributed by atoms with E-state index in [2.05, 4.69) is 20.6 Å². The lowest BCUT2D eigenvalue weighted by molar-refractivity contribution is -0.384. The van der Waals surface area contributed by atoms with E-state index in [0.717, 1.165) is 0 Å². The fourth-order valence-electron chi connectivity index (χ4n) is 2.37. The Kier molecular flexibility index (Phi) is 4.80. The summed E-state index contributed by atoms with van der Waals surface area (Å²) >= 11 is 0. The highest BCUT2D eigenvalue weighted by Gasteiger charge is 2.25. The molecule has 0 saturated carbocycles. The van der Waals surface area contributed by atoms with E-state index in [1.807, 2.05) is 13.0 Å². The molecule has 122 valence electrons. The number of hydrogen-bond donors (Lipinski definition) is 3. The Bertz CT molecular complexity index is 755. The second-order valence-corrected chi connectivity index (χ2v) is 4.98. The highest BCUT2D eigenvalue weighted by Crippen LogP contribution is 2.28. The van der Waals surface area contributed by atoms with Gasteiger partial charge in [0.2, 0.25) is 5.82 Å². The molecule has 0 atom stereocenters. The molecule has 2 heterocycles. The van der Waals surface area contributed by atoms with Crippen molar-refractivity contribution in [1.82, 2.24) is 20.0 Å². The normalized spacial score (nSPS) is 10.5. The maximum absolute atomic E-state index is 11.2. The number of aryl methyl sites for hydroxylation is 3. The van der Waals surface area contributed by atoms with E-state index >= 15 is 0 Å². The van der Waals surface area contributed by atoms with Gasteiger partial charge in [0.1, 0.15) is 17.3 Å². The van der Waals surface area contributed by atoms with Crippen molar-refractivity contribution < 1.29 is 4.92 Å². The van der Waals surface area contributed by atoms with Gasteiger partial charge in [0.25, 0.3) is 0 Å². The lowest BCUT2D eigenvalue weighted by Gasteiger charge is -2.05. The summed E-state index contributed by atoms with van der Waals surface area (Å²) in [6.45, 7) is 2.32. The van der Waals surface area contributed by atoms with Crippen LogP contribution >= 0.6 is 0 Å². The Labute approximate surface area is 132 Å². The van der Waals surface area contributed by atoms with E-state index in [1.54, 1.807) is 7.05 Å². The molecule has 23 heavy (non-hydrogen) atoms. The van der Waals surface area contributed by atoms with E-state index < -0.39 is 4.92 Å². The van der Waals surface area contributed by atoms with Crippen LogP contribution in [0.4, 0.5) is 17.3 Å². The minimum atomic E-state index is -0.419. The summed E-state index contributed by atoms with van der Waals surface area (Å²) in [7, 11) is 1.66. The molecule has 0 aliphatic rings. The number of nitrogens with zero attached hydrogens (tertiary/aromatic N) is 5. The molecular formula is C13H18N8O2. The number of nitrogens with two attached hydrogens (primary N) is 1. The summed E-state index contributed by atoms with van der Waals surface area (Å²) in [6, 6.07) is 2.00. The second kappa shape index (κ2) is 6.78. The molecule has 0 bridgehead atoms. The first kappa shape index (κ1) is 16.3. The monoisotopic (exact) mass is 318 g/mol. The molecule has 2 aromatic heterocycles. The molecular weight excluding hydrogens is 300 g/mol. The summed E-state index contributed by atoms with van der Waals surface area (Å²) in [6.07, 6.45) is 1.71. The number of nitrogen functional groups attached to an aromatic ring is 1. The number of aromatic nitrogens is 4. The Hall–Kier alpha value is -3.09. The zero-order valence-electron chi connectivity index (χ0n) is 13.0. The van der Waals surface area contributed by atoms with Gasteiger partial charge >= 0.3 is 5.69 Å². The van der Waals surface area contributed by atoms with Gasteiger partial charge in [-0.25, -0.2) is 4.68 Å². The Morgan fingerprint density at radius 1 is 1.57 bits per heavy atom. The second-order valence-electron chi connectivity index (χ2n) is 4.98. The third kappa shape index (κ3) is 3.23. The third-order valence-electron chi connectivity index (χ3n) is 3.49. The Morgan fingerprint density at radius 2 is 2.30 bits per heavy atom. The standard InChI is InChI=1S/C13H18N8O2/c1-3-9-11(21(22)23)13(20(2)19-9)16-6-4-5-10-8(7-14)12(15)18-17-10/h16H,3-6H2,1-2H3,(H3,15,17,18). The number of nitrogens with one attached hydrogen (secondary N) is 2. The van der Waals surface area contributed by atoms with Gasteiger partial charge in [-0.3, -0.25) is 15.2 Å². The van der Waals surface area contributed by atoms with E-state index in [9.17, 15) is 10.1 Å². The van der Waals surface area contributed by atoms with E-state index in [4.69, 9.17) is 11.0 Å². The molecule has 10 heteroatoms. The lowest BCUT2D eigenvalue weighted by Crippen LogP contribution is -2.09. The van der Waals surface area contributed by atoms with Crippen LogP contribution in [-0.2, 0) is 19.9 Å². The molecule has 0 aliphatic carbocycles. The van der Waals surface area contributed by atoms with E-state index in [1.165, 1.54) is 4.68 Å². The van der Waals surface area contributed by atoms with Gasteiger partial charge in [0.05, 0.1) is 10.6 Å². The molecule has 0 saturated heterocycles. The summed E-state index contributed by atoms with van der Waals surface area (Å²) < 4.78 is 1.48. The number of anilines is 2. The maximum atomic E-state index is 11.2. The quantitative estimate of drug-likeness (QED) is 0.393. The highest BCUT2D eigenvalue weighted by atomic mass is 16.6. The van der Waals surface area contributed by atoms with Gasteiger partial charge < -0.3 is 11.1 Å². The number of nitro groups is 1. The molecule has 0 radical (unpaired) electrons. The zero-order chi connectivity index (χ0) is 17.0. The SMILES string of the molecule is CCc1nn(C)c(NCCCc2[nH]nc(N)c2C#N)c1[N+](=O)[O-]. The first-order valence-corrected chi connectivity index (χ1v) is 7.16.